The van der Waals surface area contributed by atoms with Crippen LogP contribution in [0.1, 0.15) is 52.9 Å². The number of aryl methyl sites for hydroxylation is 1. The Hall–Kier alpha value is -2.21. The number of rotatable bonds is 4. The van der Waals surface area contributed by atoms with Gasteiger partial charge in [0.2, 0.25) is 0 Å². The molecule has 28 heavy (non-hydrogen) atoms. The Bertz CT molecular complexity index is 928. The zero-order chi connectivity index (χ0) is 19.7. The molecule has 2 heterocycles. The van der Waals surface area contributed by atoms with Gasteiger partial charge in [-0.15, -0.1) is 0 Å². The highest BCUT2D eigenvalue weighted by molar-refractivity contribution is 8.13. The average molecular weight is 398 g/mol. The molecule has 1 fully saturated rings. The number of thioether (sulfide) groups is 1. The lowest BCUT2D eigenvalue weighted by atomic mass is 9.69. The number of aliphatic imine (C=N–C) groups is 1. The van der Waals surface area contributed by atoms with Crippen LogP contribution in [0.25, 0.3) is 0 Å². The summed E-state index contributed by atoms with van der Waals surface area (Å²) in [5.74, 6) is 0.806. The lowest BCUT2D eigenvalue weighted by molar-refractivity contribution is 0.0988. The maximum Gasteiger partial charge on any atom is 0.185 e. The number of Topliss-reactive ketones (excluding diaryl/α,β-unsaturated/α-hetero) is 1. The van der Waals surface area contributed by atoms with Crippen molar-refractivity contribution in [2.75, 3.05) is 5.75 Å². The Morgan fingerprint density at radius 1 is 1.32 bits per heavy atom. The number of halogens is 1. The van der Waals surface area contributed by atoms with Crippen LogP contribution < -0.4 is 5.73 Å². The van der Waals surface area contributed by atoms with Crippen LogP contribution in [0, 0.1) is 18.7 Å². The van der Waals surface area contributed by atoms with Gasteiger partial charge in [-0.25, -0.2) is 4.39 Å². The van der Waals surface area contributed by atoms with Gasteiger partial charge in [-0.3, -0.25) is 14.8 Å². The van der Waals surface area contributed by atoms with Gasteiger partial charge in [0, 0.05) is 23.9 Å². The van der Waals surface area contributed by atoms with E-state index in [0.29, 0.717) is 16.4 Å². The zero-order valence-corrected chi connectivity index (χ0v) is 16.8. The Morgan fingerprint density at radius 3 is 2.96 bits per heavy atom. The molecule has 146 valence electrons. The van der Waals surface area contributed by atoms with Crippen molar-refractivity contribution < 1.29 is 9.18 Å². The van der Waals surface area contributed by atoms with Crippen molar-refractivity contribution >= 4 is 22.7 Å². The Morgan fingerprint density at radius 2 is 2.18 bits per heavy atom. The first-order valence-electron chi connectivity index (χ1n) is 9.71. The second-order valence-electron chi connectivity index (χ2n) is 7.76. The largest absolute Gasteiger partial charge is 0.379 e. The van der Waals surface area contributed by atoms with E-state index in [1.807, 2.05) is 19.1 Å². The fourth-order valence-corrected chi connectivity index (χ4v) is 5.39. The summed E-state index contributed by atoms with van der Waals surface area (Å²) in [5.41, 5.74) is 8.26. The highest BCUT2D eigenvalue weighted by Gasteiger charge is 2.46. The molecule has 0 amide bonds. The van der Waals surface area contributed by atoms with Crippen molar-refractivity contribution in [3.8, 4) is 0 Å². The molecule has 1 aromatic heterocycles. The molecular formula is C22H24FN3OS. The predicted octanol–water partition coefficient (Wildman–Crippen LogP) is 4.40. The van der Waals surface area contributed by atoms with E-state index in [2.05, 4.69) is 4.98 Å². The van der Waals surface area contributed by atoms with E-state index in [1.165, 1.54) is 6.07 Å². The van der Waals surface area contributed by atoms with Crippen LogP contribution in [0.5, 0.6) is 0 Å². The number of ketones is 1. The van der Waals surface area contributed by atoms with Crippen molar-refractivity contribution in [1.29, 1.82) is 0 Å². The minimum atomic E-state index is -0.598. The topological polar surface area (TPSA) is 68.3 Å². The summed E-state index contributed by atoms with van der Waals surface area (Å²) in [5, 5.41) is 0.530. The molecular weight excluding hydrogens is 373 g/mol. The number of pyridine rings is 1. The van der Waals surface area contributed by atoms with Crippen LogP contribution in [0.15, 0.2) is 41.5 Å². The fourth-order valence-electron chi connectivity index (χ4n) is 4.35. The van der Waals surface area contributed by atoms with Gasteiger partial charge in [0.15, 0.2) is 11.0 Å². The molecule has 0 unspecified atom stereocenters. The number of amidine groups is 1. The smallest absolute Gasteiger partial charge is 0.185 e. The first kappa shape index (κ1) is 19.1. The van der Waals surface area contributed by atoms with Crippen LogP contribution in [0.4, 0.5) is 4.39 Å². The number of hydrogen-bond donors (Lipinski definition) is 1. The number of aromatic nitrogens is 1. The Kier molecular flexibility index (Phi) is 5.23. The van der Waals surface area contributed by atoms with Gasteiger partial charge in [-0.05, 0) is 55.0 Å². The molecule has 4 rings (SSSR count). The molecule has 1 saturated carbocycles. The molecule has 0 saturated heterocycles. The molecule has 2 N–H and O–H groups in total. The molecule has 4 nitrogen and oxygen atoms in total. The minimum Gasteiger partial charge on any atom is -0.379 e. The summed E-state index contributed by atoms with van der Waals surface area (Å²) < 4.78 is 14.9. The van der Waals surface area contributed by atoms with Gasteiger partial charge in [0.05, 0.1) is 5.54 Å². The highest BCUT2D eigenvalue weighted by Crippen LogP contribution is 2.49. The average Bonchev–Trinajstić information content (AvgIpc) is 2.69. The summed E-state index contributed by atoms with van der Waals surface area (Å²) in [6.07, 6.45) is 5.85. The summed E-state index contributed by atoms with van der Waals surface area (Å²) in [6, 6.07) is 8.59. The standard InChI is InChI=1S/C22H24FN3OS/c1-14-5-8-19(25-12-14)20(27)11-15-6-7-18(23)17(10-15)22-9-3-2-4-16(22)13-28-21(24)26-22/h5-8,10,12,16H,2-4,9,11,13H2,1H3,(H2,24,26)/t16-,22-/m0/s1. The predicted molar refractivity (Wildman–Crippen MR) is 111 cm³/mol. The van der Waals surface area contributed by atoms with Crippen LogP contribution in [0.2, 0.25) is 0 Å². The van der Waals surface area contributed by atoms with Gasteiger partial charge in [-0.2, -0.15) is 0 Å². The molecule has 0 radical (unpaired) electrons. The number of fused-ring (bicyclic) bond motifs is 1. The number of nitrogens with two attached hydrogens (primary N) is 1. The first-order chi connectivity index (χ1) is 13.5. The van der Waals surface area contributed by atoms with E-state index in [0.717, 1.165) is 42.6 Å². The Balaban J connectivity index is 1.68. The number of benzene rings is 1. The SMILES string of the molecule is Cc1ccc(C(=O)Cc2ccc(F)c([C@]34CCCC[C@H]3CSC(N)=N4)c2)nc1. The van der Waals surface area contributed by atoms with Crippen LogP contribution >= 0.6 is 11.8 Å². The lowest BCUT2D eigenvalue weighted by Gasteiger charge is -2.44. The maximum absolute atomic E-state index is 14.9. The number of carbonyl (C=O) groups excluding carboxylic acids is 1. The van der Waals surface area contributed by atoms with Gasteiger partial charge in [0.25, 0.3) is 0 Å². The summed E-state index contributed by atoms with van der Waals surface area (Å²) in [7, 11) is 0. The van der Waals surface area contributed by atoms with Crippen molar-refractivity contribution in [2.24, 2.45) is 16.6 Å². The fraction of sp³-hybridized carbons (Fsp3) is 0.409. The van der Waals surface area contributed by atoms with E-state index in [9.17, 15) is 9.18 Å². The highest BCUT2D eigenvalue weighted by atomic mass is 32.2. The first-order valence-corrected chi connectivity index (χ1v) is 10.7. The maximum atomic E-state index is 14.9. The van der Waals surface area contributed by atoms with E-state index >= 15 is 0 Å². The molecule has 0 bridgehead atoms. The van der Waals surface area contributed by atoms with Crippen molar-refractivity contribution in [3.63, 3.8) is 0 Å². The molecule has 2 atom stereocenters. The number of hydrogen-bond acceptors (Lipinski definition) is 5. The second kappa shape index (κ2) is 7.66. The van der Waals surface area contributed by atoms with E-state index in [4.69, 9.17) is 10.7 Å². The van der Waals surface area contributed by atoms with Crippen molar-refractivity contribution in [3.05, 3.63) is 64.7 Å². The normalized spacial score (nSPS) is 24.4. The molecule has 1 aliphatic heterocycles. The van der Waals surface area contributed by atoms with Gasteiger partial charge >= 0.3 is 0 Å². The summed E-state index contributed by atoms with van der Waals surface area (Å²) in [6.45, 7) is 1.93. The monoisotopic (exact) mass is 397 g/mol. The second-order valence-corrected chi connectivity index (χ2v) is 8.80. The van der Waals surface area contributed by atoms with Crippen LogP contribution in [-0.2, 0) is 12.0 Å². The third-order valence-corrected chi connectivity index (χ3v) is 6.79. The molecule has 0 spiro atoms. The molecule has 6 heteroatoms. The third kappa shape index (κ3) is 3.58. The van der Waals surface area contributed by atoms with Gasteiger partial charge in [-0.1, -0.05) is 36.7 Å². The molecule has 1 aromatic carbocycles. The quantitative estimate of drug-likeness (QED) is 0.777. The van der Waals surface area contributed by atoms with Crippen molar-refractivity contribution in [1.82, 2.24) is 4.98 Å². The van der Waals surface area contributed by atoms with Gasteiger partial charge < -0.3 is 5.73 Å². The molecule has 2 aliphatic rings. The third-order valence-electron chi connectivity index (χ3n) is 5.84. The lowest BCUT2D eigenvalue weighted by Crippen LogP contribution is -2.43. The number of carbonyl (C=O) groups is 1. The van der Waals surface area contributed by atoms with Crippen LogP contribution in [0.3, 0.4) is 0 Å². The van der Waals surface area contributed by atoms with E-state index in [1.54, 1.807) is 30.1 Å². The van der Waals surface area contributed by atoms with Crippen LogP contribution in [-0.4, -0.2) is 21.7 Å². The summed E-state index contributed by atoms with van der Waals surface area (Å²) in [4.78, 5) is 21.6. The minimum absolute atomic E-state index is 0.0718. The van der Waals surface area contributed by atoms with E-state index < -0.39 is 5.54 Å². The molecule has 1 aliphatic carbocycles. The summed E-state index contributed by atoms with van der Waals surface area (Å²) >= 11 is 1.56. The van der Waals surface area contributed by atoms with Gasteiger partial charge in [0.1, 0.15) is 11.5 Å². The van der Waals surface area contributed by atoms with E-state index in [-0.39, 0.29) is 23.9 Å². The van der Waals surface area contributed by atoms with Crippen molar-refractivity contribution in [2.45, 2.75) is 44.6 Å². The number of nitrogens with zero attached hydrogens (tertiary/aromatic N) is 2. The molecule has 2 aromatic rings. The Labute approximate surface area is 168 Å². The zero-order valence-electron chi connectivity index (χ0n) is 16.0.